The normalized spacial score (nSPS) is 13.3. The highest BCUT2D eigenvalue weighted by molar-refractivity contribution is 7.99. The summed E-state index contributed by atoms with van der Waals surface area (Å²) in [5.74, 6) is 1.16. The fourth-order valence-electron chi connectivity index (χ4n) is 3.95. The summed E-state index contributed by atoms with van der Waals surface area (Å²) >= 11 is 1.72. The SMILES string of the molecule is COc1ccc2nc3ccccc3c(SCCCN3C(=O)c4ccccc4C3=O)c2c1. The van der Waals surface area contributed by atoms with Gasteiger partial charge in [0.2, 0.25) is 0 Å². The zero-order valence-electron chi connectivity index (χ0n) is 17.0. The Kier molecular flexibility index (Phi) is 5.08. The lowest BCUT2D eigenvalue weighted by Gasteiger charge is -2.15. The van der Waals surface area contributed by atoms with Crippen molar-refractivity contribution >= 4 is 45.4 Å². The van der Waals surface area contributed by atoms with Gasteiger partial charge in [-0.3, -0.25) is 14.5 Å². The minimum Gasteiger partial charge on any atom is -0.497 e. The van der Waals surface area contributed by atoms with Gasteiger partial charge in [0.05, 0.1) is 29.3 Å². The Morgan fingerprint density at radius 1 is 0.871 bits per heavy atom. The van der Waals surface area contributed by atoms with Crippen LogP contribution in [0, 0.1) is 0 Å². The molecule has 0 saturated heterocycles. The number of hydrogen-bond donors (Lipinski definition) is 0. The molecule has 0 aliphatic carbocycles. The molecular weight excluding hydrogens is 408 g/mol. The van der Waals surface area contributed by atoms with Crippen molar-refractivity contribution in [3.05, 3.63) is 77.9 Å². The second kappa shape index (κ2) is 8.04. The summed E-state index contributed by atoms with van der Waals surface area (Å²) in [6, 6.07) is 21.0. The minimum absolute atomic E-state index is 0.199. The molecule has 2 amide bonds. The predicted octanol–water partition coefficient (Wildman–Crippen LogP) is 5.18. The maximum absolute atomic E-state index is 12.6. The Labute approximate surface area is 184 Å². The van der Waals surface area contributed by atoms with Crippen molar-refractivity contribution in [1.82, 2.24) is 9.88 Å². The molecule has 5 rings (SSSR count). The van der Waals surface area contributed by atoms with Gasteiger partial charge in [0.15, 0.2) is 0 Å². The van der Waals surface area contributed by atoms with Crippen LogP contribution >= 0.6 is 11.8 Å². The van der Waals surface area contributed by atoms with Crippen molar-refractivity contribution < 1.29 is 14.3 Å². The van der Waals surface area contributed by atoms with Gasteiger partial charge in [0.25, 0.3) is 11.8 Å². The molecule has 31 heavy (non-hydrogen) atoms. The molecule has 6 heteroatoms. The second-order valence-corrected chi connectivity index (χ2v) is 8.46. The minimum atomic E-state index is -0.199. The van der Waals surface area contributed by atoms with Gasteiger partial charge in [-0.25, -0.2) is 4.98 Å². The summed E-state index contributed by atoms with van der Waals surface area (Å²) < 4.78 is 5.42. The van der Waals surface area contributed by atoms with E-state index >= 15 is 0 Å². The topological polar surface area (TPSA) is 59.5 Å². The number of methoxy groups -OCH3 is 1. The van der Waals surface area contributed by atoms with Crippen LogP contribution in [0.1, 0.15) is 27.1 Å². The molecule has 0 saturated carbocycles. The number of fused-ring (bicyclic) bond motifs is 3. The van der Waals surface area contributed by atoms with Crippen LogP contribution in [0.2, 0.25) is 0 Å². The number of aromatic nitrogens is 1. The van der Waals surface area contributed by atoms with Gasteiger partial charge in [-0.15, -0.1) is 11.8 Å². The molecule has 2 heterocycles. The third-order valence-electron chi connectivity index (χ3n) is 5.49. The number of benzene rings is 3. The molecule has 0 atom stereocenters. The van der Waals surface area contributed by atoms with E-state index in [1.165, 1.54) is 4.90 Å². The highest BCUT2D eigenvalue weighted by atomic mass is 32.2. The lowest BCUT2D eigenvalue weighted by Crippen LogP contribution is -2.30. The summed E-state index contributed by atoms with van der Waals surface area (Å²) in [5, 5.41) is 2.14. The molecular formula is C25H20N2O3S. The number of rotatable bonds is 6. The molecule has 0 N–H and O–H groups in total. The number of carbonyl (C=O) groups is 2. The Balaban J connectivity index is 1.37. The average molecular weight is 429 g/mol. The summed E-state index contributed by atoms with van der Waals surface area (Å²) in [6.07, 6.45) is 0.707. The summed E-state index contributed by atoms with van der Waals surface area (Å²) in [6.45, 7) is 0.406. The number of ether oxygens (including phenoxy) is 1. The first-order chi connectivity index (χ1) is 15.2. The summed E-state index contributed by atoms with van der Waals surface area (Å²) in [4.78, 5) is 32.4. The van der Waals surface area contributed by atoms with E-state index in [4.69, 9.17) is 9.72 Å². The van der Waals surface area contributed by atoms with E-state index in [-0.39, 0.29) is 11.8 Å². The lowest BCUT2D eigenvalue weighted by atomic mass is 10.1. The predicted molar refractivity (Wildman–Crippen MR) is 123 cm³/mol. The molecule has 0 bridgehead atoms. The van der Waals surface area contributed by atoms with Crippen molar-refractivity contribution in [3.63, 3.8) is 0 Å². The van der Waals surface area contributed by atoms with Crippen LogP contribution in [-0.2, 0) is 0 Å². The van der Waals surface area contributed by atoms with Gasteiger partial charge in [-0.05, 0) is 48.6 Å². The molecule has 1 aliphatic rings. The molecule has 5 nitrogen and oxygen atoms in total. The first kappa shape index (κ1) is 19.6. The van der Waals surface area contributed by atoms with E-state index in [2.05, 4.69) is 6.07 Å². The van der Waals surface area contributed by atoms with Crippen LogP contribution in [0.5, 0.6) is 5.75 Å². The number of hydrogen-bond acceptors (Lipinski definition) is 5. The number of para-hydroxylation sites is 1. The van der Waals surface area contributed by atoms with Crippen molar-refractivity contribution in [2.45, 2.75) is 11.3 Å². The number of carbonyl (C=O) groups excluding carboxylic acids is 2. The third kappa shape index (κ3) is 3.43. The summed E-state index contributed by atoms with van der Waals surface area (Å²) in [7, 11) is 1.66. The molecule has 1 aromatic heterocycles. The average Bonchev–Trinajstić information content (AvgIpc) is 3.05. The van der Waals surface area contributed by atoms with Crippen LogP contribution in [0.25, 0.3) is 21.8 Å². The fourth-order valence-corrected chi connectivity index (χ4v) is 5.08. The molecule has 3 aromatic carbocycles. The van der Waals surface area contributed by atoms with Crippen LogP contribution in [-0.4, -0.2) is 41.1 Å². The Bertz CT molecular complexity index is 1300. The van der Waals surface area contributed by atoms with E-state index in [9.17, 15) is 9.59 Å². The van der Waals surface area contributed by atoms with E-state index in [1.54, 1.807) is 43.1 Å². The highest BCUT2D eigenvalue weighted by Crippen LogP contribution is 2.36. The van der Waals surface area contributed by atoms with Crippen LogP contribution in [0.4, 0.5) is 0 Å². The molecule has 4 aromatic rings. The standard InChI is InChI=1S/C25H20N2O3S/c1-30-16-11-12-22-20(15-16)23(19-9-4-5-10-21(19)26-22)31-14-6-13-27-24(28)17-7-2-3-8-18(17)25(27)29/h2-5,7-12,15H,6,13-14H2,1H3. The van der Waals surface area contributed by atoms with Crippen LogP contribution in [0.3, 0.4) is 0 Å². The zero-order valence-corrected chi connectivity index (χ0v) is 17.8. The van der Waals surface area contributed by atoms with Gasteiger partial charge < -0.3 is 4.74 Å². The van der Waals surface area contributed by atoms with Gasteiger partial charge in [-0.2, -0.15) is 0 Å². The van der Waals surface area contributed by atoms with Crippen molar-refractivity contribution in [2.75, 3.05) is 19.4 Å². The van der Waals surface area contributed by atoms with Crippen molar-refractivity contribution in [2.24, 2.45) is 0 Å². The number of amides is 2. The van der Waals surface area contributed by atoms with Crippen LogP contribution in [0.15, 0.2) is 71.6 Å². The van der Waals surface area contributed by atoms with E-state index in [0.717, 1.165) is 38.2 Å². The van der Waals surface area contributed by atoms with Gasteiger partial charge in [0.1, 0.15) is 5.75 Å². The molecule has 154 valence electrons. The van der Waals surface area contributed by atoms with Crippen LogP contribution < -0.4 is 4.74 Å². The maximum atomic E-state index is 12.6. The van der Waals surface area contributed by atoms with E-state index in [0.29, 0.717) is 24.1 Å². The number of thioether (sulfide) groups is 1. The molecule has 0 fully saturated rings. The Hall–Kier alpha value is -3.38. The Morgan fingerprint density at radius 3 is 2.29 bits per heavy atom. The first-order valence-electron chi connectivity index (χ1n) is 10.1. The van der Waals surface area contributed by atoms with Crippen molar-refractivity contribution in [1.29, 1.82) is 0 Å². The molecule has 0 spiro atoms. The monoisotopic (exact) mass is 428 g/mol. The third-order valence-corrected chi connectivity index (χ3v) is 6.71. The number of nitrogens with zero attached hydrogens (tertiary/aromatic N) is 2. The first-order valence-corrected chi connectivity index (χ1v) is 11.1. The second-order valence-electron chi connectivity index (χ2n) is 7.35. The quantitative estimate of drug-likeness (QED) is 0.183. The largest absolute Gasteiger partial charge is 0.497 e. The van der Waals surface area contributed by atoms with Gasteiger partial charge >= 0.3 is 0 Å². The van der Waals surface area contributed by atoms with Gasteiger partial charge in [-0.1, -0.05) is 30.3 Å². The van der Waals surface area contributed by atoms with E-state index in [1.807, 2.05) is 36.4 Å². The van der Waals surface area contributed by atoms with E-state index < -0.39 is 0 Å². The molecule has 0 radical (unpaired) electrons. The molecule has 0 unspecified atom stereocenters. The molecule has 1 aliphatic heterocycles. The van der Waals surface area contributed by atoms with Crippen molar-refractivity contribution in [3.8, 4) is 5.75 Å². The number of pyridine rings is 1. The lowest BCUT2D eigenvalue weighted by molar-refractivity contribution is 0.0655. The van der Waals surface area contributed by atoms with Gasteiger partial charge in [0, 0.05) is 22.2 Å². The fraction of sp³-hybridized carbons (Fsp3) is 0.160. The highest BCUT2D eigenvalue weighted by Gasteiger charge is 2.34. The Morgan fingerprint density at radius 2 is 1.55 bits per heavy atom. The number of imide groups is 1. The smallest absolute Gasteiger partial charge is 0.261 e. The zero-order chi connectivity index (χ0) is 21.4. The summed E-state index contributed by atoms with van der Waals surface area (Å²) in [5.41, 5.74) is 2.86. The maximum Gasteiger partial charge on any atom is 0.261 e.